The molecular formula is C23H19ClN2O7. The number of halogens is 1. The van der Waals surface area contributed by atoms with Crippen LogP contribution in [0.3, 0.4) is 0 Å². The van der Waals surface area contributed by atoms with E-state index in [2.05, 4.69) is 0 Å². The molecule has 2 aromatic carbocycles. The van der Waals surface area contributed by atoms with E-state index >= 15 is 0 Å². The van der Waals surface area contributed by atoms with Crippen molar-refractivity contribution in [2.75, 3.05) is 7.11 Å². The van der Waals surface area contributed by atoms with Gasteiger partial charge in [-0.3, -0.25) is 24.3 Å². The van der Waals surface area contributed by atoms with Crippen molar-refractivity contribution in [3.05, 3.63) is 91.3 Å². The predicted molar refractivity (Wildman–Crippen MR) is 121 cm³/mol. The van der Waals surface area contributed by atoms with Gasteiger partial charge in [-0.05, 0) is 36.2 Å². The number of carbonyl (C=O) groups is 2. The Labute approximate surface area is 193 Å². The molecule has 9 nitrogen and oxygen atoms in total. The average molecular weight is 471 g/mol. The quantitative estimate of drug-likeness (QED) is 0.297. The summed E-state index contributed by atoms with van der Waals surface area (Å²) in [5, 5.41) is 21.0. The molecule has 1 aromatic heterocycles. The highest BCUT2D eigenvalue weighted by molar-refractivity contribution is 6.31. The number of aromatic nitrogens is 1. The smallest absolute Gasteiger partial charge is 0.327 e. The Balaban J connectivity index is 2.09. The van der Waals surface area contributed by atoms with Gasteiger partial charge in [-0.2, -0.15) is 0 Å². The summed E-state index contributed by atoms with van der Waals surface area (Å²) in [5.74, 6) is -1.33. The topological polar surface area (TPSA) is 129 Å². The van der Waals surface area contributed by atoms with E-state index in [1.807, 2.05) is 0 Å². The number of nitrogens with zero attached hydrogens (tertiary/aromatic N) is 2. The van der Waals surface area contributed by atoms with Crippen LogP contribution in [0.5, 0.6) is 5.75 Å². The number of ether oxygens (including phenoxy) is 1. The zero-order valence-corrected chi connectivity index (χ0v) is 18.4. The minimum Gasteiger partial charge on any atom is -0.495 e. The van der Waals surface area contributed by atoms with Crippen molar-refractivity contribution in [2.45, 2.75) is 19.4 Å². The maximum Gasteiger partial charge on any atom is 0.327 e. The second-order valence-electron chi connectivity index (χ2n) is 7.23. The second kappa shape index (κ2) is 9.66. The number of nitro benzene ring substituents is 1. The van der Waals surface area contributed by atoms with Crippen LogP contribution in [0.1, 0.15) is 28.9 Å². The third-order valence-electron chi connectivity index (χ3n) is 5.11. The van der Waals surface area contributed by atoms with Crippen molar-refractivity contribution in [1.29, 1.82) is 0 Å². The molecule has 0 saturated heterocycles. The molecule has 1 N–H and O–H groups in total. The van der Waals surface area contributed by atoms with Crippen molar-refractivity contribution in [3.8, 4) is 16.9 Å². The van der Waals surface area contributed by atoms with Crippen LogP contribution < -0.4 is 10.3 Å². The number of ketones is 1. The summed E-state index contributed by atoms with van der Waals surface area (Å²) in [5.41, 5.74) is 0.752. The molecular weight excluding hydrogens is 452 g/mol. The molecule has 0 amide bonds. The van der Waals surface area contributed by atoms with Gasteiger partial charge in [0.1, 0.15) is 11.8 Å². The van der Waals surface area contributed by atoms with Crippen molar-refractivity contribution in [2.24, 2.45) is 0 Å². The van der Waals surface area contributed by atoms with Gasteiger partial charge in [-0.1, -0.05) is 23.7 Å². The van der Waals surface area contributed by atoms with Crippen LogP contribution in [0.25, 0.3) is 11.1 Å². The first kappa shape index (κ1) is 23.7. The summed E-state index contributed by atoms with van der Waals surface area (Å²) in [7, 11) is 1.36. The molecule has 0 fully saturated rings. The molecule has 3 rings (SSSR count). The predicted octanol–water partition coefficient (Wildman–Crippen LogP) is 4.16. The van der Waals surface area contributed by atoms with E-state index in [1.54, 1.807) is 12.1 Å². The summed E-state index contributed by atoms with van der Waals surface area (Å²) in [4.78, 5) is 47.3. The molecule has 1 unspecified atom stereocenters. The Kier molecular flexibility index (Phi) is 6.93. The molecule has 3 aromatic rings. The monoisotopic (exact) mass is 470 g/mol. The average Bonchev–Trinajstić information content (AvgIpc) is 2.77. The van der Waals surface area contributed by atoms with Crippen LogP contribution in [0, 0.1) is 10.1 Å². The van der Waals surface area contributed by atoms with Crippen LogP contribution >= 0.6 is 11.6 Å². The fourth-order valence-electron chi connectivity index (χ4n) is 3.47. The van der Waals surface area contributed by atoms with Gasteiger partial charge in [0.15, 0.2) is 5.78 Å². The van der Waals surface area contributed by atoms with E-state index in [1.165, 1.54) is 56.6 Å². The number of pyridine rings is 1. The Morgan fingerprint density at radius 3 is 2.36 bits per heavy atom. The van der Waals surface area contributed by atoms with Gasteiger partial charge in [-0.25, -0.2) is 4.79 Å². The molecule has 10 heteroatoms. The van der Waals surface area contributed by atoms with Crippen molar-refractivity contribution >= 4 is 29.0 Å². The lowest BCUT2D eigenvalue weighted by Gasteiger charge is -2.19. The maximum atomic E-state index is 13.0. The SMILES string of the molecule is COc1cn(C(Cc2ccc([N+](=O)[O-])cc2)C(=O)O)c(=O)cc1-c1cc(Cl)ccc1C(C)=O. The highest BCUT2D eigenvalue weighted by Gasteiger charge is 2.24. The van der Waals surface area contributed by atoms with Gasteiger partial charge in [0.25, 0.3) is 11.2 Å². The number of aliphatic carboxylic acids is 1. The third-order valence-corrected chi connectivity index (χ3v) is 5.35. The van der Waals surface area contributed by atoms with E-state index in [0.717, 1.165) is 4.57 Å². The zero-order chi connectivity index (χ0) is 24.3. The Hall–Kier alpha value is -3.98. The summed E-state index contributed by atoms with van der Waals surface area (Å²) in [6, 6.07) is 9.94. The molecule has 0 spiro atoms. The van der Waals surface area contributed by atoms with Gasteiger partial charge in [-0.15, -0.1) is 0 Å². The van der Waals surface area contributed by atoms with Crippen LogP contribution in [0.2, 0.25) is 5.02 Å². The Bertz CT molecular complexity index is 1300. The van der Waals surface area contributed by atoms with E-state index in [-0.39, 0.29) is 23.6 Å². The molecule has 170 valence electrons. The number of hydrogen-bond acceptors (Lipinski definition) is 6. The van der Waals surface area contributed by atoms with E-state index in [0.29, 0.717) is 27.3 Å². The van der Waals surface area contributed by atoms with Gasteiger partial charge >= 0.3 is 5.97 Å². The lowest BCUT2D eigenvalue weighted by Crippen LogP contribution is -2.31. The number of hydrogen-bond donors (Lipinski definition) is 1. The maximum absolute atomic E-state index is 13.0. The number of carboxylic acids is 1. The largest absolute Gasteiger partial charge is 0.495 e. The molecule has 0 aliphatic heterocycles. The first-order valence-corrected chi connectivity index (χ1v) is 10.1. The first-order chi connectivity index (χ1) is 15.6. The van der Waals surface area contributed by atoms with Gasteiger partial charge < -0.3 is 9.84 Å². The fourth-order valence-corrected chi connectivity index (χ4v) is 3.65. The molecule has 0 radical (unpaired) electrons. The molecule has 33 heavy (non-hydrogen) atoms. The van der Waals surface area contributed by atoms with Crippen LogP contribution in [0.4, 0.5) is 5.69 Å². The van der Waals surface area contributed by atoms with Crippen molar-refractivity contribution in [1.82, 2.24) is 4.57 Å². The van der Waals surface area contributed by atoms with Crippen LogP contribution in [-0.2, 0) is 11.2 Å². The summed E-state index contributed by atoms with van der Waals surface area (Å²) < 4.78 is 6.43. The van der Waals surface area contributed by atoms with Gasteiger partial charge in [0, 0.05) is 40.8 Å². The number of rotatable bonds is 8. The van der Waals surface area contributed by atoms with Gasteiger partial charge in [0.05, 0.1) is 18.2 Å². The molecule has 0 aliphatic rings. The van der Waals surface area contributed by atoms with E-state index in [9.17, 15) is 29.6 Å². The summed E-state index contributed by atoms with van der Waals surface area (Å²) in [6.45, 7) is 1.38. The lowest BCUT2D eigenvalue weighted by atomic mass is 9.97. The third kappa shape index (κ3) is 5.09. The van der Waals surface area contributed by atoms with Gasteiger partial charge in [0.2, 0.25) is 0 Å². The second-order valence-corrected chi connectivity index (χ2v) is 7.67. The highest BCUT2D eigenvalue weighted by Crippen LogP contribution is 2.34. The van der Waals surface area contributed by atoms with E-state index in [4.69, 9.17) is 16.3 Å². The molecule has 0 saturated carbocycles. The summed E-state index contributed by atoms with van der Waals surface area (Å²) in [6.07, 6.45) is 1.18. The zero-order valence-electron chi connectivity index (χ0n) is 17.6. The lowest BCUT2D eigenvalue weighted by molar-refractivity contribution is -0.384. The Morgan fingerprint density at radius 1 is 1.15 bits per heavy atom. The molecule has 0 aliphatic carbocycles. The molecule has 1 heterocycles. The number of Topliss-reactive ketones (excluding diaryl/α,β-unsaturated/α-hetero) is 1. The van der Waals surface area contributed by atoms with Crippen molar-refractivity contribution < 1.29 is 24.4 Å². The number of non-ortho nitro benzene ring substituents is 1. The molecule has 0 bridgehead atoms. The van der Waals surface area contributed by atoms with Crippen LogP contribution in [-0.4, -0.2) is 33.5 Å². The van der Waals surface area contributed by atoms with Crippen molar-refractivity contribution in [3.63, 3.8) is 0 Å². The Morgan fingerprint density at radius 2 is 1.82 bits per heavy atom. The first-order valence-electron chi connectivity index (χ1n) is 9.69. The number of benzene rings is 2. The highest BCUT2D eigenvalue weighted by atomic mass is 35.5. The normalized spacial score (nSPS) is 11.6. The minimum atomic E-state index is -1.30. The van der Waals surface area contributed by atoms with Crippen LogP contribution in [0.15, 0.2) is 59.5 Å². The fraction of sp³-hybridized carbons (Fsp3) is 0.174. The molecule has 1 atom stereocenters. The van der Waals surface area contributed by atoms with E-state index < -0.39 is 22.5 Å². The minimum absolute atomic E-state index is 0.0917. The number of carbonyl (C=O) groups excluding carboxylic acids is 1. The number of nitro groups is 1. The standard InChI is InChI=1S/C23H19ClN2O7/c1-13(27)17-8-5-15(24)10-18(17)19-11-22(28)25(12-21(19)33-2)20(23(29)30)9-14-3-6-16(7-4-14)26(31)32/h3-8,10-12,20H,9H2,1-2H3,(H,29,30). The summed E-state index contributed by atoms with van der Waals surface area (Å²) >= 11 is 6.10. The number of methoxy groups -OCH3 is 1. The number of carboxylic acid groups (broad SMARTS) is 1.